The molecule has 2 aromatic rings. The monoisotopic (exact) mass is 435 g/mol. The Morgan fingerprint density at radius 3 is 2.34 bits per heavy atom. The minimum absolute atomic E-state index is 0.0465. The summed E-state index contributed by atoms with van der Waals surface area (Å²) in [5.74, 6) is 0.800. The molecule has 2 fully saturated rings. The van der Waals surface area contributed by atoms with Crippen molar-refractivity contribution in [2.24, 2.45) is 0 Å². The number of β-amino-alcohol motifs (C(OH)–C–C–N with tert-alkyl or cyclic N) is 1. The number of piperazine rings is 1. The van der Waals surface area contributed by atoms with Gasteiger partial charge in [-0.25, -0.2) is 0 Å². The lowest BCUT2D eigenvalue weighted by molar-refractivity contribution is -0.117. The zero-order chi connectivity index (χ0) is 22.5. The normalized spacial score (nSPS) is 18.5. The lowest BCUT2D eigenvalue weighted by Gasteiger charge is -2.35. The second-order valence-electron chi connectivity index (χ2n) is 9.56. The van der Waals surface area contributed by atoms with Crippen molar-refractivity contribution in [3.8, 4) is 0 Å². The van der Waals surface area contributed by atoms with Crippen LogP contribution >= 0.6 is 0 Å². The summed E-state index contributed by atoms with van der Waals surface area (Å²) in [6.45, 7) is 8.69. The predicted octanol–water partition coefficient (Wildman–Crippen LogP) is 3.73. The Labute approximate surface area is 192 Å². The number of aliphatic hydroxyl groups excluding tert-OH is 1. The highest BCUT2D eigenvalue weighted by Crippen LogP contribution is 2.41. The van der Waals surface area contributed by atoms with Crippen LogP contribution in [0.1, 0.15) is 47.4 Å². The Bertz CT molecular complexity index is 897. The minimum atomic E-state index is -0.305. The average Bonchev–Trinajstić information content (AvgIpc) is 3.62. The molecule has 5 nitrogen and oxygen atoms in total. The van der Waals surface area contributed by atoms with Gasteiger partial charge >= 0.3 is 0 Å². The Balaban J connectivity index is 1.17. The molecule has 1 saturated carbocycles. The van der Waals surface area contributed by atoms with Gasteiger partial charge in [-0.1, -0.05) is 42.5 Å². The first kappa shape index (κ1) is 23.0. The highest BCUT2D eigenvalue weighted by molar-refractivity contribution is 5.93. The van der Waals surface area contributed by atoms with E-state index < -0.39 is 0 Å². The molecule has 1 unspecified atom stereocenters. The number of benzene rings is 2. The maximum absolute atomic E-state index is 12.5. The van der Waals surface area contributed by atoms with Crippen LogP contribution in [0.25, 0.3) is 0 Å². The van der Waals surface area contributed by atoms with Crippen LogP contribution in [0.5, 0.6) is 0 Å². The van der Waals surface area contributed by atoms with E-state index in [0.717, 1.165) is 61.8 Å². The topological polar surface area (TPSA) is 55.8 Å². The van der Waals surface area contributed by atoms with Crippen LogP contribution in [0.4, 0.5) is 5.69 Å². The fourth-order valence-electron chi connectivity index (χ4n) is 4.79. The minimum Gasteiger partial charge on any atom is -0.392 e. The van der Waals surface area contributed by atoms with Crippen LogP contribution in [0.2, 0.25) is 0 Å². The largest absolute Gasteiger partial charge is 0.392 e. The number of carbonyl (C=O) groups excluding carboxylic acids is 1. The second-order valence-corrected chi connectivity index (χ2v) is 9.56. The molecule has 2 N–H and O–H groups in total. The summed E-state index contributed by atoms with van der Waals surface area (Å²) >= 11 is 0. The molecule has 4 rings (SSSR count). The number of aliphatic hydroxyl groups is 1. The number of nitrogens with zero attached hydrogens (tertiary/aromatic N) is 2. The van der Waals surface area contributed by atoms with Crippen molar-refractivity contribution in [2.45, 2.75) is 51.6 Å². The standard InChI is InChI=1S/C27H37N3O2/c1-20-6-5-7-21(2)27(20)28-26(32)19-30-16-14-29(15-17-30)18-24(31)13-12-22-8-3-4-9-25(22)23-10-11-23/h3-9,23-24,31H,10-19H2,1-2H3,(H,28,32). The van der Waals surface area contributed by atoms with Gasteiger partial charge in [0.1, 0.15) is 0 Å². The number of nitrogens with one attached hydrogen (secondary N) is 1. The van der Waals surface area contributed by atoms with Gasteiger partial charge in [-0.05, 0) is 67.7 Å². The molecule has 1 amide bonds. The molecule has 0 radical (unpaired) electrons. The van der Waals surface area contributed by atoms with E-state index >= 15 is 0 Å². The predicted molar refractivity (Wildman–Crippen MR) is 130 cm³/mol. The number of aryl methyl sites for hydroxylation is 3. The molecule has 1 aliphatic carbocycles. The van der Waals surface area contributed by atoms with Gasteiger partial charge in [0.05, 0.1) is 12.6 Å². The van der Waals surface area contributed by atoms with E-state index in [4.69, 9.17) is 0 Å². The number of amides is 1. The number of rotatable bonds is 9. The molecule has 2 aliphatic rings. The third-order valence-electron chi connectivity index (χ3n) is 6.87. The lowest BCUT2D eigenvalue weighted by Crippen LogP contribution is -2.50. The van der Waals surface area contributed by atoms with E-state index in [1.54, 1.807) is 0 Å². The summed E-state index contributed by atoms with van der Waals surface area (Å²) in [5.41, 5.74) is 6.03. The van der Waals surface area contributed by atoms with Gasteiger partial charge < -0.3 is 10.4 Å². The molecular weight excluding hydrogens is 398 g/mol. The molecule has 1 aliphatic heterocycles. The first-order chi connectivity index (χ1) is 15.5. The molecule has 0 bridgehead atoms. The van der Waals surface area contributed by atoms with Gasteiger partial charge in [-0.2, -0.15) is 0 Å². The van der Waals surface area contributed by atoms with E-state index in [-0.39, 0.29) is 12.0 Å². The van der Waals surface area contributed by atoms with Crippen LogP contribution in [0, 0.1) is 13.8 Å². The fraction of sp³-hybridized carbons (Fsp3) is 0.519. The highest BCUT2D eigenvalue weighted by Gasteiger charge is 2.26. The van der Waals surface area contributed by atoms with Gasteiger partial charge in [-0.15, -0.1) is 0 Å². The van der Waals surface area contributed by atoms with Crippen LogP contribution in [-0.2, 0) is 11.2 Å². The molecule has 0 spiro atoms. The molecule has 1 saturated heterocycles. The van der Waals surface area contributed by atoms with Crippen LogP contribution < -0.4 is 5.32 Å². The SMILES string of the molecule is Cc1cccc(C)c1NC(=O)CN1CCN(CC(O)CCc2ccccc2C2CC2)CC1. The summed E-state index contributed by atoms with van der Waals surface area (Å²) in [6, 6.07) is 14.8. The first-order valence-corrected chi connectivity index (χ1v) is 12.1. The van der Waals surface area contributed by atoms with Gasteiger partial charge in [0.2, 0.25) is 5.91 Å². The summed E-state index contributed by atoms with van der Waals surface area (Å²) in [5, 5.41) is 13.7. The van der Waals surface area contributed by atoms with Crippen LogP contribution in [-0.4, -0.2) is 66.2 Å². The van der Waals surface area contributed by atoms with E-state index in [1.165, 1.54) is 24.0 Å². The second kappa shape index (κ2) is 10.6. The summed E-state index contributed by atoms with van der Waals surface area (Å²) in [7, 11) is 0. The summed E-state index contributed by atoms with van der Waals surface area (Å²) < 4.78 is 0. The van der Waals surface area contributed by atoms with Crippen molar-refractivity contribution >= 4 is 11.6 Å². The average molecular weight is 436 g/mol. The van der Waals surface area contributed by atoms with E-state index in [1.807, 2.05) is 32.0 Å². The zero-order valence-electron chi connectivity index (χ0n) is 19.5. The Morgan fingerprint density at radius 2 is 1.66 bits per heavy atom. The lowest BCUT2D eigenvalue weighted by atomic mass is 9.98. The van der Waals surface area contributed by atoms with Crippen LogP contribution in [0.15, 0.2) is 42.5 Å². The van der Waals surface area contributed by atoms with Crippen LogP contribution in [0.3, 0.4) is 0 Å². The van der Waals surface area contributed by atoms with Gasteiger partial charge in [0.25, 0.3) is 0 Å². The van der Waals surface area contributed by atoms with E-state index in [2.05, 4.69) is 39.4 Å². The molecule has 5 heteroatoms. The molecule has 172 valence electrons. The van der Waals surface area contributed by atoms with Gasteiger partial charge in [-0.3, -0.25) is 14.6 Å². The number of hydrogen-bond donors (Lipinski definition) is 2. The van der Waals surface area contributed by atoms with Gasteiger partial charge in [0.15, 0.2) is 0 Å². The number of para-hydroxylation sites is 1. The van der Waals surface area contributed by atoms with E-state index in [9.17, 15) is 9.90 Å². The maximum atomic E-state index is 12.5. The molecular formula is C27H37N3O2. The number of anilines is 1. The fourth-order valence-corrected chi connectivity index (χ4v) is 4.79. The maximum Gasteiger partial charge on any atom is 0.238 e. The Morgan fingerprint density at radius 1 is 1.00 bits per heavy atom. The molecule has 0 aromatic heterocycles. The van der Waals surface area contributed by atoms with E-state index in [0.29, 0.717) is 13.1 Å². The third-order valence-corrected chi connectivity index (χ3v) is 6.87. The zero-order valence-corrected chi connectivity index (χ0v) is 19.5. The number of hydrogen-bond acceptors (Lipinski definition) is 4. The summed E-state index contributed by atoms with van der Waals surface area (Å²) in [4.78, 5) is 17.1. The smallest absolute Gasteiger partial charge is 0.238 e. The Hall–Kier alpha value is -2.21. The molecule has 2 aromatic carbocycles. The number of carbonyl (C=O) groups is 1. The van der Waals surface area contributed by atoms with Crippen molar-refractivity contribution in [1.82, 2.24) is 9.80 Å². The van der Waals surface area contributed by atoms with Crippen molar-refractivity contribution in [3.63, 3.8) is 0 Å². The van der Waals surface area contributed by atoms with Crippen molar-refractivity contribution in [2.75, 3.05) is 44.6 Å². The molecule has 1 atom stereocenters. The molecule has 32 heavy (non-hydrogen) atoms. The third kappa shape index (κ3) is 6.18. The molecule has 1 heterocycles. The van der Waals surface area contributed by atoms with Crippen molar-refractivity contribution in [3.05, 3.63) is 64.7 Å². The quantitative estimate of drug-likeness (QED) is 0.630. The summed E-state index contributed by atoms with van der Waals surface area (Å²) in [6.07, 6.45) is 4.08. The first-order valence-electron chi connectivity index (χ1n) is 12.1. The van der Waals surface area contributed by atoms with Gasteiger partial charge in [0, 0.05) is 38.4 Å². The van der Waals surface area contributed by atoms with Crippen molar-refractivity contribution < 1.29 is 9.90 Å². The van der Waals surface area contributed by atoms with Crippen molar-refractivity contribution in [1.29, 1.82) is 0 Å². The Kier molecular flexibility index (Phi) is 7.61. The highest BCUT2D eigenvalue weighted by atomic mass is 16.3.